The van der Waals surface area contributed by atoms with Crippen LogP contribution >= 0.6 is 0 Å². The quantitative estimate of drug-likeness (QED) is 0.921. The molecule has 0 radical (unpaired) electrons. The summed E-state index contributed by atoms with van der Waals surface area (Å²) in [4.78, 5) is 14.0. The third-order valence-corrected chi connectivity index (χ3v) is 4.96. The normalized spacial score (nSPS) is 20.7. The average molecular weight is 320 g/mol. The molecule has 1 aromatic carbocycles. The molecule has 2 fully saturated rings. The van der Waals surface area contributed by atoms with Gasteiger partial charge in [0.2, 0.25) is 0 Å². The van der Waals surface area contributed by atoms with Crippen molar-refractivity contribution in [1.29, 1.82) is 0 Å². The lowest BCUT2D eigenvalue weighted by molar-refractivity contribution is 0.0425. The zero-order valence-corrected chi connectivity index (χ0v) is 13.6. The number of nitrogens with zero attached hydrogens (tertiary/aromatic N) is 1. The van der Waals surface area contributed by atoms with Crippen LogP contribution in [0.4, 0.5) is 9.18 Å². The molecule has 0 aromatic heterocycles. The maximum absolute atomic E-state index is 12.8. The van der Waals surface area contributed by atoms with E-state index in [1.54, 1.807) is 17.0 Å². The van der Waals surface area contributed by atoms with Crippen LogP contribution in [0.1, 0.15) is 39.0 Å². The van der Waals surface area contributed by atoms with Gasteiger partial charge in [0.15, 0.2) is 0 Å². The number of benzene rings is 1. The third kappa shape index (κ3) is 4.15. The lowest BCUT2D eigenvalue weighted by Gasteiger charge is -2.40. The fourth-order valence-corrected chi connectivity index (χ4v) is 3.42. The van der Waals surface area contributed by atoms with E-state index >= 15 is 0 Å². The molecule has 2 amide bonds. The maximum Gasteiger partial charge on any atom is 0.317 e. The highest BCUT2D eigenvalue weighted by atomic mass is 19.1. The molecular weight excluding hydrogens is 295 g/mol. The molecule has 1 N–H and O–H groups in total. The first-order valence-electron chi connectivity index (χ1n) is 8.59. The summed E-state index contributed by atoms with van der Waals surface area (Å²) in [5.74, 6) is 0.982. The molecule has 1 aliphatic heterocycles. The van der Waals surface area contributed by atoms with Crippen molar-refractivity contribution in [1.82, 2.24) is 10.2 Å². The summed E-state index contributed by atoms with van der Waals surface area (Å²) in [5, 5.41) is 3.13. The molecule has 1 aromatic rings. The predicted molar refractivity (Wildman–Crippen MR) is 87.0 cm³/mol. The van der Waals surface area contributed by atoms with Gasteiger partial charge in [-0.05, 0) is 49.9 Å². The van der Waals surface area contributed by atoms with Gasteiger partial charge < -0.3 is 15.0 Å². The van der Waals surface area contributed by atoms with E-state index in [1.807, 2.05) is 0 Å². The molecule has 1 saturated heterocycles. The molecule has 2 aliphatic rings. The van der Waals surface area contributed by atoms with E-state index in [0.29, 0.717) is 24.8 Å². The number of hydrogen-bond acceptors (Lipinski definition) is 2. The fraction of sp³-hybridized carbons (Fsp3) is 0.611. The Morgan fingerprint density at radius 2 is 1.87 bits per heavy atom. The SMILES string of the molecule is CC(NC(=O)N1CC(Oc2ccc(F)cc2)C1)C1CCCCC1. The van der Waals surface area contributed by atoms with Gasteiger partial charge in [0.25, 0.3) is 0 Å². The molecule has 23 heavy (non-hydrogen) atoms. The number of nitrogens with one attached hydrogen (secondary N) is 1. The van der Waals surface area contributed by atoms with Gasteiger partial charge in [-0.3, -0.25) is 0 Å². The molecule has 0 spiro atoms. The number of halogens is 1. The minimum Gasteiger partial charge on any atom is -0.487 e. The van der Waals surface area contributed by atoms with Crippen LogP contribution in [0, 0.1) is 11.7 Å². The van der Waals surface area contributed by atoms with Gasteiger partial charge >= 0.3 is 6.03 Å². The van der Waals surface area contributed by atoms with Crippen LogP contribution in [0.5, 0.6) is 5.75 Å². The molecule has 4 nitrogen and oxygen atoms in total. The molecule has 0 bridgehead atoms. The molecule has 3 rings (SSSR count). The zero-order chi connectivity index (χ0) is 16.2. The van der Waals surface area contributed by atoms with Crippen molar-refractivity contribution in [2.45, 2.75) is 51.2 Å². The fourth-order valence-electron chi connectivity index (χ4n) is 3.42. The van der Waals surface area contributed by atoms with Gasteiger partial charge in [-0.2, -0.15) is 0 Å². The third-order valence-electron chi connectivity index (χ3n) is 4.96. The number of hydrogen-bond donors (Lipinski definition) is 1. The highest BCUT2D eigenvalue weighted by Gasteiger charge is 2.33. The molecule has 1 unspecified atom stereocenters. The van der Waals surface area contributed by atoms with E-state index in [-0.39, 0.29) is 24.0 Å². The first-order chi connectivity index (χ1) is 11.1. The number of amides is 2. The Morgan fingerprint density at radius 3 is 2.52 bits per heavy atom. The second-order valence-electron chi connectivity index (χ2n) is 6.74. The number of rotatable bonds is 4. The van der Waals surface area contributed by atoms with E-state index in [1.165, 1.54) is 44.2 Å². The number of ether oxygens (including phenoxy) is 1. The van der Waals surface area contributed by atoms with Crippen molar-refractivity contribution < 1.29 is 13.9 Å². The highest BCUT2D eigenvalue weighted by molar-refractivity contribution is 5.75. The average Bonchev–Trinajstić information content (AvgIpc) is 2.53. The van der Waals surface area contributed by atoms with Gasteiger partial charge in [-0.15, -0.1) is 0 Å². The summed E-state index contributed by atoms with van der Waals surface area (Å²) in [6.45, 7) is 3.28. The number of likely N-dealkylation sites (tertiary alicyclic amines) is 1. The number of urea groups is 1. The highest BCUT2D eigenvalue weighted by Crippen LogP contribution is 2.26. The largest absolute Gasteiger partial charge is 0.487 e. The number of carbonyl (C=O) groups is 1. The van der Waals surface area contributed by atoms with E-state index in [0.717, 1.165) is 0 Å². The first kappa shape index (κ1) is 16.1. The van der Waals surface area contributed by atoms with E-state index < -0.39 is 0 Å². The predicted octanol–water partition coefficient (Wildman–Crippen LogP) is 3.57. The van der Waals surface area contributed by atoms with Crippen LogP contribution in [0.15, 0.2) is 24.3 Å². The van der Waals surface area contributed by atoms with Crippen LogP contribution < -0.4 is 10.1 Å². The van der Waals surface area contributed by atoms with Gasteiger partial charge in [0.1, 0.15) is 17.7 Å². The molecule has 1 atom stereocenters. The molecular formula is C18H25FN2O2. The molecule has 126 valence electrons. The summed E-state index contributed by atoms with van der Waals surface area (Å²) < 4.78 is 18.6. The minimum absolute atomic E-state index is 0.00188. The Labute approximate surface area is 137 Å². The van der Waals surface area contributed by atoms with Crippen molar-refractivity contribution >= 4 is 6.03 Å². The Bertz CT molecular complexity index is 522. The van der Waals surface area contributed by atoms with Crippen LogP contribution in [0.2, 0.25) is 0 Å². The Kier molecular flexibility index (Phi) is 5.03. The Hall–Kier alpha value is -1.78. The summed E-state index contributed by atoms with van der Waals surface area (Å²) in [7, 11) is 0. The van der Waals surface area contributed by atoms with Gasteiger partial charge in [0, 0.05) is 6.04 Å². The monoisotopic (exact) mass is 320 g/mol. The van der Waals surface area contributed by atoms with Crippen molar-refractivity contribution in [3.05, 3.63) is 30.1 Å². The van der Waals surface area contributed by atoms with Crippen LogP contribution in [0.3, 0.4) is 0 Å². The van der Waals surface area contributed by atoms with E-state index in [2.05, 4.69) is 12.2 Å². The van der Waals surface area contributed by atoms with Crippen molar-refractivity contribution in [2.75, 3.05) is 13.1 Å². The first-order valence-corrected chi connectivity index (χ1v) is 8.59. The summed E-state index contributed by atoms with van der Waals surface area (Å²) in [6, 6.07) is 6.23. The lowest BCUT2D eigenvalue weighted by Crippen LogP contribution is -2.60. The Balaban J connectivity index is 1.40. The van der Waals surface area contributed by atoms with Crippen LogP contribution in [-0.2, 0) is 0 Å². The second kappa shape index (κ2) is 7.20. The van der Waals surface area contributed by atoms with E-state index in [4.69, 9.17) is 4.74 Å². The molecule has 1 saturated carbocycles. The van der Waals surface area contributed by atoms with Crippen molar-refractivity contribution in [2.24, 2.45) is 5.92 Å². The van der Waals surface area contributed by atoms with Crippen LogP contribution in [0.25, 0.3) is 0 Å². The lowest BCUT2D eigenvalue weighted by atomic mass is 9.84. The molecule has 1 aliphatic carbocycles. The Morgan fingerprint density at radius 1 is 1.22 bits per heavy atom. The topological polar surface area (TPSA) is 41.6 Å². The summed E-state index contributed by atoms with van der Waals surface area (Å²) in [6.07, 6.45) is 6.32. The molecule has 5 heteroatoms. The number of carbonyl (C=O) groups excluding carboxylic acids is 1. The second-order valence-corrected chi connectivity index (χ2v) is 6.74. The van der Waals surface area contributed by atoms with Crippen LogP contribution in [-0.4, -0.2) is 36.2 Å². The smallest absolute Gasteiger partial charge is 0.317 e. The van der Waals surface area contributed by atoms with Gasteiger partial charge in [-0.25, -0.2) is 9.18 Å². The van der Waals surface area contributed by atoms with Gasteiger partial charge in [0.05, 0.1) is 13.1 Å². The van der Waals surface area contributed by atoms with E-state index in [9.17, 15) is 9.18 Å². The van der Waals surface area contributed by atoms with Crippen molar-refractivity contribution in [3.63, 3.8) is 0 Å². The standard InChI is InChI=1S/C18H25FN2O2/c1-13(14-5-3-2-4-6-14)20-18(22)21-11-17(12-21)23-16-9-7-15(19)8-10-16/h7-10,13-14,17H,2-6,11-12H2,1H3,(H,20,22). The van der Waals surface area contributed by atoms with Crippen molar-refractivity contribution in [3.8, 4) is 5.75 Å². The minimum atomic E-state index is -0.274. The maximum atomic E-state index is 12.8. The van der Waals surface area contributed by atoms with Gasteiger partial charge in [-0.1, -0.05) is 19.3 Å². The summed E-state index contributed by atoms with van der Waals surface area (Å²) >= 11 is 0. The zero-order valence-electron chi connectivity index (χ0n) is 13.6. The molecule has 1 heterocycles. The summed E-state index contributed by atoms with van der Waals surface area (Å²) in [5.41, 5.74) is 0.